The van der Waals surface area contributed by atoms with E-state index in [0.29, 0.717) is 29.6 Å². The molecule has 4 atom stereocenters. The fourth-order valence-electron chi connectivity index (χ4n) is 5.29. The largest absolute Gasteiger partial charge is 0.469 e. The van der Waals surface area contributed by atoms with Gasteiger partial charge in [-0.25, -0.2) is 15.0 Å². The summed E-state index contributed by atoms with van der Waals surface area (Å²) in [5.41, 5.74) is 7.11. The molecule has 180 valence electrons. The zero-order valence-electron chi connectivity index (χ0n) is 19.7. The van der Waals surface area contributed by atoms with Gasteiger partial charge in [-0.05, 0) is 40.5 Å². The molecule has 0 amide bonds. The van der Waals surface area contributed by atoms with Crippen molar-refractivity contribution < 1.29 is 23.7 Å². The number of carbonyl (C=O) groups is 1. The normalized spacial score (nSPS) is 32.9. The molecule has 0 radical (unpaired) electrons. The van der Waals surface area contributed by atoms with Crippen LogP contribution in [0, 0.1) is 5.92 Å². The number of hydrogen-bond acceptors (Lipinski definition) is 10. The molecule has 2 aliphatic heterocycles. The first-order valence-electron chi connectivity index (χ1n) is 11.5. The number of nitrogen functional groups attached to an aromatic ring is 1. The Balaban J connectivity index is 1.39. The molecule has 3 fully saturated rings. The minimum absolute atomic E-state index is 0.0290. The van der Waals surface area contributed by atoms with Gasteiger partial charge in [-0.15, -0.1) is 0 Å². The molecule has 4 unspecified atom stereocenters. The predicted octanol–water partition coefficient (Wildman–Crippen LogP) is 1.49. The minimum Gasteiger partial charge on any atom is -0.469 e. The topological polar surface area (TPSA) is 127 Å². The molecule has 0 aromatic carbocycles. The summed E-state index contributed by atoms with van der Waals surface area (Å²) in [5, 5.41) is 0. The summed E-state index contributed by atoms with van der Waals surface area (Å²) >= 11 is 0. The maximum atomic E-state index is 11.9. The van der Waals surface area contributed by atoms with Crippen LogP contribution in [0.2, 0.25) is 0 Å². The highest BCUT2D eigenvalue weighted by molar-refractivity contribution is 5.81. The van der Waals surface area contributed by atoms with Crippen LogP contribution in [0.15, 0.2) is 12.7 Å². The lowest BCUT2D eigenvalue weighted by atomic mass is 9.78. The number of fused-ring (bicyclic) bond motifs is 2. The number of hydrogen-bond donors (Lipinski definition) is 1. The summed E-state index contributed by atoms with van der Waals surface area (Å²) in [6, 6.07) is 0.582. The molecule has 1 aliphatic carbocycles. The van der Waals surface area contributed by atoms with Crippen LogP contribution in [-0.4, -0.2) is 80.2 Å². The summed E-state index contributed by atoms with van der Waals surface area (Å²) in [4.78, 5) is 27.1. The highest BCUT2D eigenvalue weighted by atomic mass is 16.8. The summed E-state index contributed by atoms with van der Waals surface area (Å²) < 4.78 is 25.9. The van der Waals surface area contributed by atoms with Crippen LogP contribution >= 0.6 is 0 Å². The third-order valence-corrected chi connectivity index (χ3v) is 6.96. The second-order valence-electron chi connectivity index (χ2n) is 9.85. The number of methoxy groups -OCH3 is 1. The third-order valence-electron chi connectivity index (χ3n) is 6.96. The van der Waals surface area contributed by atoms with Gasteiger partial charge in [0.2, 0.25) is 0 Å². The highest BCUT2D eigenvalue weighted by Crippen LogP contribution is 2.45. The van der Waals surface area contributed by atoms with Crippen LogP contribution in [0.3, 0.4) is 0 Å². The number of rotatable bonds is 6. The monoisotopic (exact) mass is 460 g/mol. The van der Waals surface area contributed by atoms with Crippen molar-refractivity contribution >= 4 is 23.0 Å². The molecule has 2 aromatic heterocycles. The maximum Gasteiger partial charge on any atom is 0.308 e. The van der Waals surface area contributed by atoms with Gasteiger partial charge in [0.25, 0.3) is 0 Å². The van der Waals surface area contributed by atoms with E-state index in [0.717, 1.165) is 12.8 Å². The van der Waals surface area contributed by atoms with E-state index in [1.165, 1.54) is 13.4 Å². The first kappa shape index (κ1) is 22.5. The second-order valence-corrected chi connectivity index (χ2v) is 9.85. The van der Waals surface area contributed by atoms with E-state index in [2.05, 4.69) is 33.7 Å². The lowest BCUT2D eigenvalue weighted by molar-refractivity contribution is -0.199. The van der Waals surface area contributed by atoms with Gasteiger partial charge in [0.15, 0.2) is 23.5 Å². The van der Waals surface area contributed by atoms with Crippen LogP contribution in [0.25, 0.3) is 11.2 Å². The Hall–Kier alpha value is -2.34. The van der Waals surface area contributed by atoms with Crippen molar-refractivity contribution in [1.82, 2.24) is 24.4 Å². The number of nitrogens with two attached hydrogens (primary N) is 1. The average molecular weight is 461 g/mol. The van der Waals surface area contributed by atoms with E-state index >= 15 is 0 Å². The standard InChI is InChI=1S/C22H32N6O5/c1-11(2)27(13-6-12(7-13)21(29)30-5)8-14-16-17(33-22(3,4)32-16)20(31-14)28-10-26-15-18(23)24-9-25-19(15)28/h9-14,16-17,20H,6-8H2,1-5H3,(H2,23,24,25). The van der Waals surface area contributed by atoms with Gasteiger partial charge in [-0.2, -0.15) is 0 Å². The number of nitrogens with zero attached hydrogens (tertiary/aromatic N) is 5. The van der Waals surface area contributed by atoms with E-state index in [4.69, 9.17) is 24.7 Å². The zero-order valence-corrected chi connectivity index (χ0v) is 19.7. The van der Waals surface area contributed by atoms with E-state index in [1.807, 2.05) is 18.4 Å². The molecule has 33 heavy (non-hydrogen) atoms. The Morgan fingerprint density at radius 1 is 1.27 bits per heavy atom. The molecule has 2 saturated heterocycles. The molecule has 0 bridgehead atoms. The van der Waals surface area contributed by atoms with Crippen LogP contribution in [-0.2, 0) is 23.7 Å². The molecule has 2 N–H and O–H groups in total. The maximum absolute atomic E-state index is 11.9. The number of imidazole rings is 1. The molecule has 1 saturated carbocycles. The Bertz CT molecular complexity index is 1040. The first-order chi connectivity index (χ1) is 15.7. The second kappa shape index (κ2) is 8.15. The quantitative estimate of drug-likeness (QED) is 0.633. The van der Waals surface area contributed by atoms with Crippen molar-refractivity contribution in [2.24, 2.45) is 5.92 Å². The van der Waals surface area contributed by atoms with Gasteiger partial charge in [-0.3, -0.25) is 14.3 Å². The van der Waals surface area contributed by atoms with Crippen LogP contribution < -0.4 is 5.73 Å². The van der Waals surface area contributed by atoms with Crippen molar-refractivity contribution in [1.29, 1.82) is 0 Å². The van der Waals surface area contributed by atoms with E-state index < -0.39 is 12.0 Å². The smallest absolute Gasteiger partial charge is 0.308 e. The average Bonchev–Trinajstić information content (AvgIpc) is 3.37. The molecule has 5 rings (SSSR count). The molecule has 4 heterocycles. The van der Waals surface area contributed by atoms with Gasteiger partial charge in [-0.1, -0.05) is 0 Å². The fraction of sp³-hybridized carbons (Fsp3) is 0.727. The fourth-order valence-corrected chi connectivity index (χ4v) is 5.29. The van der Waals surface area contributed by atoms with Gasteiger partial charge in [0, 0.05) is 18.6 Å². The Morgan fingerprint density at radius 3 is 2.70 bits per heavy atom. The summed E-state index contributed by atoms with van der Waals surface area (Å²) in [7, 11) is 1.44. The minimum atomic E-state index is -0.727. The SMILES string of the molecule is COC(=O)C1CC(N(CC2OC(n3cnc4c(N)ncnc43)C3OC(C)(C)OC23)C(C)C)C1. The molecule has 3 aliphatic rings. The number of carbonyl (C=O) groups excluding carboxylic acids is 1. The highest BCUT2D eigenvalue weighted by Gasteiger charge is 2.57. The number of ether oxygens (including phenoxy) is 4. The van der Waals surface area contributed by atoms with E-state index in [-0.39, 0.29) is 36.2 Å². The predicted molar refractivity (Wildman–Crippen MR) is 118 cm³/mol. The lowest BCUT2D eigenvalue weighted by Gasteiger charge is -2.45. The van der Waals surface area contributed by atoms with Gasteiger partial charge >= 0.3 is 5.97 Å². The lowest BCUT2D eigenvalue weighted by Crippen LogP contribution is -2.53. The molecule has 11 nitrogen and oxygen atoms in total. The van der Waals surface area contributed by atoms with Crippen molar-refractivity contribution in [2.75, 3.05) is 19.4 Å². The summed E-state index contributed by atoms with van der Waals surface area (Å²) in [6.45, 7) is 8.82. The van der Waals surface area contributed by atoms with Crippen molar-refractivity contribution in [3.63, 3.8) is 0 Å². The molecule has 0 spiro atoms. The zero-order chi connectivity index (χ0) is 23.5. The summed E-state index contributed by atoms with van der Waals surface area (Å²) in [5.74, 6) is -0.562. The summed E-state index contributed by atoms with van der Waals surface area (Å²) in [6.07, 6.45) is 3.42. The van der Waals surface area contributed by atoms with Gasteiger partial charge in [0.1, 0.15) is 30.2 Å². The third kappa shape index (κ3) is 3.86. The molecule has 11 heteroatoms. The van der Waals surface area contributed by atoms with Crippen LogP contribution in [0.4, 0.5) is 5.82 Å². The van der Waals surface area contributed by atoms with Gasteiger partial charge < -0.3 is 24.7 Å². The Kier molecular flexibility index (Phi) is 5.55. The van der Waals surface area contributed by atoms with Crippen LogP contribution in [0.5, 0.6) is 0 Å². The number of anilines is 1. The molecular weight excluding hydrogens is 428 g/mol. The molecular formula is C22H32N6O5. The number of aromatic nitrogens is 4. The molecule has 2 aromatic rings. The first-order valence-corrected chi connectivity index (χ1v) is 11.5. The van der Waals surface area contributed by atoms with Crippen molar-refractivity contribution in [3.8, 4) is 0 Å². The van der Waals surface area contributed by atoms with Crippen molar-refractivity contribution in [3.05, 3.63) is 12.7 Å². The van der Waals surface area contributed by atoms with Crippen LogP contribution in [0.1, 0.15) is 46.8 Å². The van der Waals surface area contributed by atoms with E-state index in [1.54, 1.807) is 6.33 Å². The Morgan fingerprint density at radius 2 is 2.00 bits per heavy atom. The number of esters is 1. The van der Waals surface area contributed by atoms with Crippen molar-refractivity contribution in [2.45, 2.75) is 82.9 Å². The Labute approximate surface area is 192 Å². The van der Waals surface area contributed by atoms with Gasteiger partial charge in [0.05, 0.1) is 19.4 Å². The van der Waals surface area contributed by atoms with E-state index in [9.17, 15) is 4.79 Å².